The number of amides is 1. The number of rotatable bonds is 10. The minimum absolute atomic E-state index is 0.00313. The Morgan fingerprint density at radius 3 is 2.47 bits per heavy atom. The molecule has 1 atom stereocenters. The van der Waals surface area contributed by atoms with Gasteiger partial charge in [-0.1, -0.05) is 36.7 Å². The second kappa shape index (κ2) is 10.7. The lowest BCUT2D eigenvalue weighted by atomic mass is 10.1. The molecule has 9 heteroatoms. The largest absolute Gasteiger partial charge is 0.496 e. The van der Waals surface area contributed by atoms with Gasteiger partial charge < -0.3 is 14.8 Å². The number of likely N-dealkylation sites (N-methyl/N-ethyl adjacent to an activating group) is 1. The lowest BCUT2D eigenvalue weighted by Gasteiger charge is -2.22. The summed E-state index contributed by atoms with van der Waals surface area (Å²) in [5.74, 6) is 0.634. The van der Waals surface area contributed by atoms with Crippen molar-refractivity contribution in [3.63, 3.8) is 0 Å². The number of halogens is 1. The fraction of sp³-hybridized carbons (Fsp3) is 0.381. The third-order valence-electron chi connectivity index (χ3n) is 4.50. The van der Waals surface area contributed by atoms with E-state index < -0.39 is 15.9 Å². The van der Waals surface area contributed by atoms with Crippen molar-refractivity contribution < 1.29 is 22.7 Å². The van der Waals surface area contributed by atoms with Crippen molar-refractivity contribution >= 4 is 27.5 Å². The fourth-order valence-corrected chi connectivity index (χ4v) is 4.71. The van der Waals surface area contributed by atoms with E-state index in [4.69, 9.17) is 21.1 Å². The van der Waals surface area contributed by atoms with Crippen LogP contribution >= 0.6 is 11.6 Å². The van der Waals surface area contributed by atoms with Crippen LogP contribution in [0.3, 0.4) is 0 Å². The van der Waals surface area contributed by atoms with E-state index in [0.29, 0.717) is 18.1 Å². The van der Waals surface area contributed by atoms with Crippen LogP contribution in [0.2, 0.25) is 5.02 Å². The van der Waals surface area contributed by atoms with Crippen LogP contribution in [0.5, 0.6) is 11.5 Å². The second-order valence-electron chi connectivity index (χ2n) is 6.49. The topological polar surface area (TPSA) is 84.9 Å². The lowest BCUT2D eigenvalue weighted by Crippen LogP contribution is -2.41. The van der Waals surface area contributed by atoms with Crippen LogP contribution < -0.4 is 14.8 Å². The molecule has 0 radical (unpaired) electrons. The Kier molecular flexibility index (Phi) is 8.52. The van der Waals surface area contributed by atoms with Gasteiger partial charge in [0.05, 0.1) is 36.2 Å². The highest BCUT2D eigenvalue weighted by molar-refractivity contribution is 7.89. The standard InChI is InChI=1S/C21H27ClN2O5S/c1-5-24(30(26,27)16-11-12-20(29-6-2)18(22)13-16)14-21(25)23-15(3)17-9-7-8-10-19(17)28-4/h7-13,15H,5-6,14H2,1-4H3,(H,23,25)/t15-/m0/s1. The molecule has 0 unspecified atom stereocenters. The summed E-state index contributed by atoms with van der Waals surface area (Å²) in [6, 6.07) is 11.2. The Morgan fingerprint density at radius 1 is 1.17 bits per heavy atom. The maximum atomic E-state index is 13.0. The second-order valence-corrected chi connectivity index (χ2v) is 8.83. The number of para-hydroxylation sites is 1. The van der Waals surface area contributed by atoms with Gasteiger partial charge in [0.25, 0.3) is 0 Å². The molecule has 2 aromatic rings. The Labute approximate surface area is 183 Å². The summed E-state index contributed by atoms with van der Waals surface area (Å²) in [5, 5.41) is 3.02. The lowest BCUT2D eigenvalue weighted by molar-refractivity contribution is -0.121. The van der Waals surface area contributed by atoms with Crippen molar-refractivity contribution in [2.45, 2.75) is 31.7 Å². The first-order valence-corrected chi connectivity index (χ1v) is 11.4. The van der Waals surface area contributed by atoms with Crippen LogP contribution in [0.4, 0.5) is 0 Å². The number of carbonyl (C=O) groups is 1. The van der Waals surface area contributed by atoms with Gasteiger partial charge in [0.15, 0.2) is 0 Å². The van der Waals surface area contributed by atoms with Crippen molar-refractivity contribution in [3.8, 4) is 11.5 Å². The SMILES string of the molecule is CCOc1ccc(S(=O)(=O)N(CC)CC(=O)N[C@@H](C)c2ccccc2OC)cc1Cl. The van der Waals surface area contributed by atoms with Gasteiger partial charge in [-0.2, -0.15) is 4.31 Å². The molecule has 2 aromatic carbocycles. The number of hydrogen-bond acceptors (Lipinski definition) is 5. The average Bonchev–Trinajstić information content (AvgIpc) is 2.73. The van der Waals surface area contributed by atoms with Crippen molar-refractivity contribution in [2.75, 3.05) is 26.8 Å². The van der Waals surface area contributed by atoms with Crippen LogP contribution in [-0.2, 0) is 14.8 Å². The molecule has 0 aliphatic rings. The van der Waals surface area contributed by atoms with Crippen LogP contribution in [0.15, 0.2) is 47.4 Å². The van der Waals surface area contributed by atoms with E-state index in [9.17, 15) is 13.2 Å². The maximum absolute atomic E-state index is 13.0. The normalized spacial score (nSPS) is 12.5. The minimum atomic E-state index is -3.91. The number of sulfonamides is 1. The van der Waals surface area contributed by atoms with Gasteiger partial charge in [0.1, 0.15) is 11.5 Å². The smallest absolute Gasteiger partial charge is 0.243 e. The molecule has 7 nitrogen and oxygen atoms in total. The number of hydrogen-bond donors (Lipinski definition) is 1. The van der Waals surface area contributed by atoms with Crippen LogP contribution in [0.25, 0.3) is 0 Å². The average molecular weight is 455 g/mol. The van der Waals surface area contributed by atoms with E-state index >= 15 is 0 Å². The molecule has 164 valence electrons. The van der Waals surface area contributed by atoms with E-state index in [0.717, 1.165) is 9.87 Å². The van der Waals surface area contributed by atoms with Gasteiger partial charge in [-0.3, -0.25) is 4.79 Å². The Balaban J connectivity index is 2.15. The van der Waals surface area contributed by atoms with Crippen LogP contribution in [0.1, 0.15) is 32.4 Å². The number of nitrogens with zero attached hydrogens (tertiary/aromatic N) is 1. The Hall–Kier alpha value is -2.29. The molecule has 1 amide bonds. The van der Waals surface area contributed by atoms with Crippen LogP contribution in [0, 0.1) is 0 Å². The Bertz CT molecular complexity index is 981. The molecule has 0 saturated heterocycles. The maximum Gasteiger partial charge on any atom is 0.243 e. The van der Waals surface area contributed by atoms with E-state index in [1.54, 1.807) is 20.1 Å². The first-order chi connectivity index (χ1) is 14.2. The van der Waals surface area contributed by atoms with Crippen molar-refractivity contribution in [1.82, 2.24) is 9.62 Å². The number of methoxy groups -OCH3 is 1. The molecule has 0 aromatic heterocycles. The molecule has 0 aliphatic carbocycles. The molecule has 2 rings (SSSR count). The molecule has 0 spiro atoms. The van der Waals surface area contributed by atoms with Gasteiger partial charge in [-0.05, 0) is 38.1 Å². The predicted molar refractivity (Wildman–Crippen MR) is 117 cm³/mol. The summed E-state index contributed by atoms with van der Waals surface area (Å²) >= 11 is 6.13. The molecule has 0 saturated carbocycles. The van der Waals surface area contributed by atoms with Crippen molar-refractivity contribution in [1.29, 1.82) is 0 Å². The third-order valence-corrected chi connectivity index (χ3v) is 6.71. The van der Waals surface area contributed by atoms with E-state index in [2.05, 4.69) is 5.32 Å². The summed E-state index contributed by atoms with van der Waals surface area (Å²) in [6.07, 6.45) is 0. The predicted octanol–water partition coefficient (Wildman–Crippen LogP) is 3.64. The van der Waals surface area contributed by atoms with Gasteiger partial charge >= 0.3 is 0 Å². The monoisotopic (exact) mass is 454 g/mol. The molecule has 30 heavy (non-hydrogen) atoms. The summed E-state index contributed by atoms with van der Waals surface area (Å²) in [5.41, 5.74) is 0.803. The molecular formula is C21H27ClN2O5S. The molecule has 0 bridgehead atoms. The van der Waals surface area contributed by atoms with Gasteiger partial charge in [-0.25, -0.2) is 8.42 Å². The van der Waals surface area contributed by atoms with E-state index in [1.165, 1.54) is 18.2 Å². The fourth-order valence-electron chi connectivity index (χ4n) is 2.98. The minimum Gasteiger partial charge on any atom is -0.496 e. The molecule has 0 heterocycles. The highest BCUT2D eigenvalue weighted by Crippen LogP contribution is 2.29. The quantitative estimate of drug-likeness (QED) is 0.592. The molecule has 0 fully saturated rings. The molecule has 0 aliphatic heterocycles. The highest BCUT2D eigenvalue weighted by atomic mass is 35.5. The van der Waals surface area contributed by atoms with Gasteiger partial charge in [-0.15, -0.1) is 0 Å². The molecular weight excluding hydrogens is 428 g/mol. The number of benzene rings is 2. The van der Waals surface area contributed by atoms with Gasteiger partial charge in [0.2, 0.25) is 15.9 Å². The van der Waals surface area contributed by atoms with E-state index in [-0.39, 0.29) is 29.0 Å². The van der Waals surface area contributed by atoms with Gasteiger partial charge in [0, 0.05) is 12.1 Å². The summed E-state index contributed by atoms with van der Waals surface area (Å²) in [4.78, 5) is 12.6. The summed E-state index contributed by atoms with van der Waals surface area (Å²) < 4.78 is 37.8. The number of nitrogens with one attached hydrogen (secondary N) is 1. The van der Waals surface area contributed by atoms with Crippen molar-refractivity contribution in [2.24, 2.45) is 0 Å². The Morgan fingerprint density at radius 2 is 1.87 bits per heavy atom. The van der Waals surface area contributed by atoms with Crippen LogP contribution in [-0.4, -0.2) is 45.4 Å². The molecule has 1 N–H and O–H groups in total. The first kappa shape index (κ1) is 24.0. The van der Waals surface area contributed by atoms with E-state index in [1.807, 2.05) is 32.0 Å². The highest BCUT2D eigenvalue weighted by Gasteiger charge is 2.27. The first-order valence-electron chi connectivity index (χ1n) is 9.59. The number of carbonyl (C=O) groups excluding carboxylic acids is 1. The summed E-state index contributed by atoms with van der Waals surface area (Å²) in [7, 11) is -2.35. The zero-order valence-electron chi connectivity index (χ0n) is 17.5. The third kappa shape index (κ3) is 5.65. The zero-order chi connectivity index (χ0) is 22.3. The summed E-state index contributed by atoms with van der Waals surface area (Å²) in [6.45, 7) is 5.52. The number of ether oxygens (including phenoxy) is 2. The zero-order valence-corrected chi connectivity index (χ0v) is 19.1. The van der Waals surface area contributed by atoms with Crippen molar-refractivity contribution in [3.05, 3.63) is 53.1 Å².